The number of aromatic nitrogens is 2. The van der Waals surface area contributed by atoms with E-state index in [0.29, 0.717) is 12.4 Å². The van der Waals surface area contributed by atoms with Crippen molar-refractivity contribution in [1.29, 1.82) is 0 Å². The van der Waals surface area contributed by atoms with E-state index in [0.717, 1.165) is 25.7 Å². The maximum atomic E-state index is 12.0. The van der Waals surface area contributed by atoms with Crippen LogP contribution in [0.1, 0.15) is 37.9 Å². The molecule has 0 aliphatic heterocycles. The second kappa shape index (κ2) is 7.35. The van der Waals surface area contributed by atoms with Gasteiger partial charge in [0.2, 0.25) is 5.82 Å². The number of carbonyl (C=O) groups excluding carboxylic acids is 1. The lowest BCUT2D eigenvalue weighted by atomic mass is 9.94. The minimum Gasteiger partial charge on any atom is -0.460 e. The molecule has 0 amide bonds. The average molecular weight is 311 g/mol. The fourth-order valence-electron chi connectivity index (χ4n) is 2.71. The van der Waals surface area contributed by atoms with Crippen LogP contribution in [0.2, 0.25) is 0 Å². The number of methoxy groups -OCH3 is 1. The average Bonchev–Trinajstić information content (AvgIpc) is 2.87. The van der Waals surface area contributed by atoms with Crippen LogP contribution < -0.4 is 0 Å². The highest BCUT2D eigenvalue weighted by Crippen LogP contribution is 2.23. The van der Waals surface area contributed by atoms with Crippen LogP contribution in [-0.2, 0) is 20.8 Å². The number of aryl methyl sites for hydroxylation is 2. The van der Waals surface area contributed by atoms with Gasteiger partial charge >= 0.3 is 11.8 Å². The predicted octanol–water partition coefficient (Wildman–Crippen LogP) is 1.99. The summed E-state index contributed by atoms with van der Waals surface area (Å²) in [6.45, 7) is 1.98. The number of hydrogen-bond donors (Lipinski definition) is 0. The fraction of sp³-hybridized carbons (Fsp3) is 0.714. The van der Waals surface area contributed by atoms with Gasteiger partial charge in [0.25, 0.3) is 0 Å². The first kappa shape index (κ1) is 16.4. The maximum Gasteiger partial charge on any atom is 0.381 e. The van der Waals surface area contributed by atoms with Crippen molar-refractivity contribution in [1.82, 2.24) is 9.55 Å². The number of hydrogen-bond acceptors (Lipinski definition) is 6. The van der Waals surface area contributed by atoms with Gasteiger partial charge < -0.3 is 24.2 Å². The minimum atomic E-state index is -0.549. The van der Waals surface area contributed by atoms with E-state index >= 15 is 0 Å². The normalized spacial score (nSPS) is 21.5. The molecule has 8 heteroatoms. The van der Waals surface area contributed by atoms with E-state index < -0.39 is 4.92 Å². The summed E-state index contributed by atoms with van der Waals surface area (Å²) >= 11 is 0. The van der Waals surface area contributed by atoms with Crippen LogP contribution >= 0.6 is 0 Å². The molecular weight excluding hydrogens is 290 g/mol. The van der Waals surface area contributed by atoms with Crippen molar-refractivity contribution in [2.45, 2.75) is 57.8 Å². The molecule has 0 aromatic carbocycles. The highest BCUT2D eigenvalue weighted by molar-refractivity contribution is 5.69. The SMILES string of the molecule is CO[C@@H]1CCCC[C@H]1OC(=O)CCn1cc([N+](=O)[O-])nc1C. The minimum absolute atomic E-state index is 0.0335. The highest BCUT2D eigenvalue weighted by atomic mass is 16.6. The van der Waals surface area contributed by atoms with Crippen molar-refractivity contribution < 1.29 is 19.2 Å². The number of nitrogens with zero attached hydrogens (tertiary/aromatic N) is 3. The monoisotopic (exact) mass is 311 g/mol. The lowest BCUT2D eigenvalue weighted by molar-refractivity contribution is -0.389. The zero-order valence-electron chi connectivity index (χ0n) is 12.9. The Kier molecular flexibility index (Phi) is 5.48. The lowest BCUT2D eigenvalue weighted by Crippen LogP contribution is -2.35. The van der Waals surface area contributed by atoms with Crippen LogP contribution in [0.3, 0.4) is 0 Å². The van der Waals surface area contributed by atoms with Crippen LogP contribution in [-0.4, -0.2) is 39.8 Å². The zero-order valence-corrected chi connectivity index (χ0v) is 12.9. The van der Waals surface area contributed by atoms with Gasteiger partial charge in [-0.05, 0) is 29.2 Å². The van der Waals surface area contributed by atoms with Gasteiger partial charge in [-0.15, -0.1) is 0 Å². The summed E-state index contributed by atoms with van der Waals surface area (Å²) in [5.41, 5.74) is 0. The van der Waals surface area contributed by atoms with Crippen molar-refractivity contribution in [3.05, 3.63) is 22.1 Å². The van der Waals surface area contributed by atoms with Gasteiger partial charge in [0, 0.05) is 20.6 Å². The quantitative estimate of drug-likeness (QED) is 0.453. The lowest BCUT2D eigenvalue weighted by Gasteiger charge is -2.29. The Morgan fingerprint density at radius 2 is 2.14 bits per heavy atom. The van der Waals surface area contributed by atoms with E-state index in [-0.39, 0.29) is 30.4 Å². The third kappa shape index (κ3) is 4.03. The second-order valence-electron chi connectivity index (χ2n) is 5.43. The van der Waals surface area contributed by atoms with Crippen LogP contribution in [0, 0.1) is 17.0 Å². The van der Waals surface area contributed by atoms with Gasteiger partial charge in [0.15, 0.2) is 0 Å². The Bertz CT molecular complexity index is 543. The first-order valence-electron chi connectivity index (χ1n) is 7.41. The summed E-state index contributed by atoms with van der Waals surface area (Å²) < 4.78 is 12.4. The van der Waals surface area contributed by atoms with Crippen LogP contribution in [0.4, 0.5) is 5.82 Å². The van der Waals surface area contributed by atoms with Crippen molar-refractivity contribution in [2.24, 2.45) is 0 Å². The molecule has 2 atom stereocenters. The van der Waals surface area contributed by atoms with Crippen LogP contribution in [0.15, 0.2) is 6.20 Å². The Morgan fingerprint density at radius 1 is 1.45 bits per heavy atom. The molecule has 1 fully saturated rings. The van der Waals surface area contributed by atoms with E-state index in [1.54, 1.807) is 18.6 Å². The van der Waals surface area contributed by atoms with E-state index in [1.165, 1.54) is 6.20 Å². The van der Waals surface area contributed by atoms with E-state index in [4.69, 9.17) is 9.47 Å². The molecular formula is C14H21N3O5. The molecule has 1 saturated carbocycles. The number of ether oxygens (including phenoxy) is 2. The van der Waals surface area contributed by atoms with Crippen LogP contribution in [0.5, 0.6) is 0 Å². The van der Waals surface area contributed by atoms with Gasteiger partial charge in [-0.3, -0.25) is 4.79 Å². The molecule has 0 radical (unpaired) electrons. The number of carbonyl (C=O) groups is 1. The Balaban J connectivity index is 1.86. The van der Waals surface area contributed by atoms with Gasteiger partial charge in [-0.25, -0.2) is 0 Å². The molecule has 1 aromatic heterocycles. The van der Waals surface area contributed by atoms with Gasteiger partial charge in [-0.1, -0.05) is 6.42 Å². The molecule has 1 aromatic rings. The molecule has 122 valence electrons. The van der Waals surface area contributed by atoms with Crippen molar-refractivity contribution >= 4 is 11.8 Å². The summed E-state index contributed by atoms with van der Waals surface area (Å²) in [4.78, 5) is 25.9. The largest absolute Gasteiger partial charge is 0.460 e. The third-order valence-corrected chi connectivity index (χ3v) is 3.93. The molecule has 1 heterocycles. The smallest absolute Gasteiger partial charge is 0.381 e. The molecule has 1 aliphatic carbocycles. The third-order valence-electron chi connectivity index (χ3n) is 3.93. The Labute approximate surface area is 128 Å². The summed E-state index contributed by atoms with van der Waals surface area (Å²) in [7, 11) is 1.63. The van der Waals surface area contributed by atoms with E-state index in [9.17, 15) is 14.9 Å². The molecule has 8 nitrogen and oxygen atoms in total. The number of imidazole rings is 1. The molecule has 0 N–H and O–H groups in total. The summed E-state index contributed by atoms with van der Waals surface area (Å²) in [5, 5.41) is 10.7. The number of rotatable bonds is 6. The molecule has 2 rings (SSSR count). The van der Waals surface area contributed by atoms with Gasteiger partial charge in [0.05, 0.1) is 12.5 Å². The summed E-state index contributed by atoms with van der Waals surface area (Å²) in [5.74, 6) is -0.0192. The van der Waals surface area contributed by atoms with Crippen molar-refractivity contribution in [2.75, 3.05) is 7.11 Å². The van der Waals surface area contributed by atoms with Gasteiger partial charge in [-0.2, -0.15) is 0 Å². The second-order valence-corrected chi connectivity index (χ2v) is 5.43. The topological polar surface area (TPSA) is 96.5 Å². The molecule has 22 heavy (non-hydrogen) atoms. The van der Waals surface area contributed by atoms with Gasteiger partial charge in [0.1, 0.15) is 12.3 Å². The maximum absolute atomic E-state index is 12.0. The standard InChI is InChI=1S/C14H21N3O5/c1-10-15-13(17(19)20)9-16(10)8-7-14(18)22-12-6-4-3-5-11(12)21-2/h9,11-12H,3-8H2,1-2H3/t11-,12-/m1/s1. The van der Waals surface area contributed by atoms with Crippen molar-refractivity contribution in [3.8, 4) is 0 Å². The van der Waals surface area contributed by atoms with E-state index in [2.05, 4.69) is 4.98 Å². The summed E-state index contributed by atoms with van der Waals surface area (Å²) in [6.07, 6.45) is 5.11. The highest BCUT2D eigenvalue weighted by Gasteiger charge is 2.28. The zero-order chi connectivity index (χ0) is 16.1. The number of nitro groups is 1. The Morgan fingerprint density at radius 3 is 2.73 bits per heavy atom. The van der Waals surface area contributed by atoms with Crippen LogP contribution in [0.25, 0.3) is 0 Å². The molecule has 1 aliphatic rings. The van der Waals surface area contributed by atoms with Crippen molar-refractivity contribution in [3.63, 3.8) is 0 Å². The first-order chi connectivity index (χ1) is 10.5. The molecule has 0 saturated heterocycles. The Hall–Kier alpha value is -1.96. The fourth-order valence-corrected chi connectivity index (χ4v) is 2.71. The first-order valence-corrected chi connectivity index (χ1v) is 7.41. The predicted molar refractivity (Wildman–Crippen MR) is 77.4 cm³/mol. The molecule has 0 spiro atoms. The molecule has 0 unspecified atom stereocenters. The number of esters is 1. The molecule has 0 bridgehead atoms. The van der Waals surface area contributed by atoms with E-state index in [1.807, 2.05) is 0 Å². The summed E-state index contributed by atoms with van der Waals surface area (Å²) in [6, 6.07) is 0.